The zero-order chi connectivity index (χ0) is 14.7. The number of fused-ring (bicyclic) bond motifs is 2. The van der Waals surface area contributed by atoms with Gasteiger partial charge in [0.05, 0.1) is 0 Å². The van der Waals surface area contributed by atoms with Crippen LogP contribution in [0.4, 0.5) is 0 Å². The normalized spacial score (nSPS) is 30.5. The number of hydrogen-bond acceptors (Lipinski definition) is 3. The van der Waals surface area contributed by atoms with Crippen LogP contribution in [0.2, 0.25) is 0 Å². The number of aliphatic hydroxyl groups is 1. The molecule has 3 nitrogen and oxygen atoms in total. The minimum Gasteiger partial charge on any atom is -0.396 e. The van der Waals surface area contributed by atoms with E-state index in [2.05, 4.69) is 47.6 Å². The quantitative estimate of drug-likeness (QED) is 0.841. The fourth-order valence-electron chi connectivity index (χ4n) is 4.34. The van der Waals surface area contributed by atoms with Gasteiger partial charge in [-0.2, -0.15) is 0 Å². The lowest BCUT2D eigenvalue weighted by Crippen LogP contribution is -2.50. The first kappa shape index (κ1) is 15.0. The molecule has 0 spiro atoms. The molecule has 1 aliphatic heterocycles. The number of nitrogens with zero attached hydrogens (tertiary/aromatic N) is 1. The molecule has 1 heterocycles. The molecule has 2 N–H and O–H groups in total. The maximum absolute atomic E-state index is 9.35. The Morgan fingerprint density at radius 3 is 2.48 bits per heavy atom. The van der Waals surface area contributed by atoms with Crippen molar-refractivity contribution in [2.24, 2.45) is 11.8 Å². The van der Waals surface area contributed by atoms with Gasteiger partial charge in [0.15, 0.2) is 0 Å². The molecule has 3 unspecified atom stereocenters. The van der Waals surface area contributed by atoms with Crippen LogP contribution in [0, 0.1) is 11.8 Å². The van der Waals surface area contributed by atoms with Crippen LogP contribution in [0.25, 0.3) is 0 Å². The van der Waals surface area contributed by atoms with Crippen LogP contribution >= 0.6 is 0 Å². The first-order chi connectivity index (χ1) is 10.3. The molecule has 1 aromatic rings. The maximum atomic E-state index is 9.35. The maximum Gasteiger partial charge on any atom is 0.0437 e. The number of hydrogen-bond donors (Lipinski definition) is 2. The van der Waals surface area contributed by atoms with Crippen LogP contribution < -0.4 is 5.32 Å². The number of piperidine rings is 1. The van der Waals surface area contributed by atoms with Gasteiger partial charge in [0.1, 0.15) is 0 Å². The number of likely N-dealkylation sites (tertiary alicyclic amines) is 1. The third kappa shape index (κ3) is 3.47. The number of benzene rings is 1. The van der Waals surface area contributed by atoms with Gasteiger partial charge >= 0.3 is 0 Å². The SMILES string of the molecule is CN1CC2CCC(C1)C2NCC(CCO)c1ccccc1. The van der Waals surface area contributed by atoms with Crippen LogP contribution in [-0.2, 0) is 0 Å². The number of rotatable bonds is 6. The number of aliphatic hydroxyl groups excluding tert-OH is 1. The molecular weight excluding hydrogens is 260 g/mol. The van der Waals surface area contributed by atoms with E-state index in [4.69, 9.17) is 0 Å². The van der Waals surface area contributed by atoms with Crippen molar-refractivity contribution in [2.45, 2.75) is 31.2 Å². The van der Waals surface area contributed by atoms with Gasteiger partial charge in [-0.3, -0.25) is 0 Å². The van der Waals surface area contributed by atoms with Crippen molar-refractivity contribution in [1.82, 2.24) is 10.2 Å². The fourth-order valence-corrected chi connectivity index (χ4v) is 4.34. The Labute approximate surface area is 128 Å². The lowest BCUT2D eigenvalue weighted by atomic mass is 9.90. The molecule has 3 rings (SSSR count). The van der Waals surface area contributed by atoms with E-state index in [0.717, 1.165) is 24.8 Å². The third-order valence-corrected chi connectivity index (χ3v) is 5.36. The molecule has 3 heteroatoms. The number of nitrogens with one attached hydrogen (secondary N) is 1. The first-order valence-electron chi connectivity index (χ1n) is 8.35. The van der Waals surface area contributed by atoms with E-state index in [1.807, 2.05) is 0 Å². The van der Waals surface area contributed by atoms with Crippen molar-refractivity contribution in [3.63, 3.8) is 0 Å². The molecular formula is C18H28N2O. The molecule has 116 valence electrons. The molecule has 1 aliphatic carbocycles. The minimum atomic E-state index is 0.265. The lowest BCUT2D eigenvalue weighted by molar-refractivity contribution is 0.152. The van der Waals surface area contributed by atoms with Gasteiger partial charge in [0, 0.05) is 32.3 Å². The van der Waals surface area contributed by atoms with Crippen molar-refractivity contribution < 1.29 is 5.11 Å². The molecule has 1 aromatic carbocycles. The molecule has 0 aromatic heterocycles. The summed E-state index contributed by atoms with van der Waals surface area (Å²) in [5, 5.41) is 13.2. The monoisotopic (exact) mass is 288 g/mol. The summed E-state index contributed by atoms with van der Waals surface area (Å²) < 4.78 is 0. The lowest BCUT2D eigenvalue weighted by Gasteiger charge is -2.37. The summed E-state index contributed by atoms with van der Waals surface area (Å²) in [5.41, 5.74) is 1.35. The zero-order valence-corrected chi connectivity index (χ0v) is 13.0. The summed E-state index contributed by atoms with van der Waals surface area (Å²) in [7, 11) is 2.25. The molecule has 3 atom stereocenters. The molecule has 1 saturated heterocycles. The summed E-state index contributed by atoms with van der Waals surface area (Å²) in [5.74, 6) is 2.06. The van der Waals surface area contributed by atoms with Gasteiger partial charge < -0.3 is 15.3 Å². The van der Waals surface area contributed by atoms with Crippen LogP contribution in [0.1, 0.15) is 30.7 Å². The van der Waals surface area contributed by atoms with E-state index in [9.17, 15) is 5.11 Å². The Kier molecular flexibility index (Phi) is 4.94. The molecule has 2 fully saturated rings. The summed E-state index contributed by atoms with van der Waals surface area (Å²) in [4.78, 5) is 2.49. The molecule has 21 heavy (non-hydrogen) atoms. The van der Waals surface area contributed by atoms with Gasteiger partial charge in [-0.25, -0.2) is 0 Å². The Hall–Kier alpha value is -0.900. The third-order valence-electron chi connectivity index (χ3n) is 5.36. The van der Waals surface area contributed by atoms with Gasteiger partial charge in [0.2, 0.25) is 0 Å². The Balaban J connectivity index is 1.60. The summed E-state index contributed by atoms with van der Waals surface area (Å²) in [6.45, 7) is 3.74. The Bertz CT molecular complexity index is 422. The average molecular weight is 288 g/mol. The fraction of sp³-hybridized carbons (Fsp3) is 0.667. The first-order valence-corrected chi connectivity index (χ1v) is 8.35. The van der Waals surface area contributed by atoms with Gasteiger partial charge in [-0.15, -0.1) is 0 Å². The van der Waals surface area contributed by atoms with Crippen molar-refractivity contribution in [3.05, 3.63) is 35.9 Å². The van der Waals surface area contributed by atoms with E-state index >= 15 is 0 Å². The topological polar surface area (TPSA) is 35.5 Å². The van der Waals surface area contributed by atoms with Gasteiger partial charge in [-0.1, -0.05) is 30.3 Å². The predicted octanol–water partition coefficient (Wildman–Crippen LogP) is 2.08. The molecule has 0 amide bonds. The zero-order valence-electron chi connectivity index (χ0n) is 13.0. The highest BCUT2D eigenvalue weighted by molar-refractivity contribution is 5.20. The van der Waals surface area contributed by atoms with E-state index in [1.54, 1.807) is 0 Å². The minimum absolute atomic E-state index is 0.265. The highest BCUT2D eigenvalue weighted by atomic mass is 16.3. The molecule has 0 radical (unpaired) electrons. The van der Waals surface area contributed by atoms with Crippen LogP contribution in [0.3, 0.4) is 0 Å². The van der Waals surface area contributed by atoms with Crippen LogP contribution in [0.15, 0.2) is 30.3 Å². The van der Waals surface area contributed by atoms with Crippen molar-refractivity contribution in [2.75, 3.05) is 33.3 Å². The average Bonchev–Trinajstić information content (AvgIpc) is 2.75. The summed E-state index contributed by atoms with van der Waals surface area (Å²) in [6, 6.07) is 11.3. The van der Waals surface area contributed by atoms with Crippen molar-refractivity contribution in [3.8, 4) is 0 Å². The largest absolute Gasteiger partial charge is 0.396 e. The second-order valence-corrected chi connectivity index (χ2v) is 6.87. The summed E-state index contributed by atoms with van der Waals surface area (Å²) in [6.07, 6.45) is 3.60. The summed E-state index contributed by atoms with van der Waals surface area (Å²) >= 11 is 0. The standard InChI is InChI=1S/C18H28N2O/c1-20-12-16-7-8-17(13-20)18(16)19-11-15(9-10-21)14-5-3-2-4-6-14/h2-6,15-19,21H,7-13H2,1H3. The van der Waals surface area contributed by atoms with Gasteiger partial charge in [0.25, 0.3) is 0 Å². The Morgan fingerprint density at radius 2 is 1.86 bits per heavy atom. The van der Waals surface area contributed by atoms with Crippen LogP contribution in [0.5, 0.6) is 0 Å². The Morgan fingerprint density at radius 1 is 1.19 bits per heavy atom. The predicted molar refractivity (Wildman–Crippen MR) is 86.4 cm³/mol. The highest BCUT2D eigenvalue weighted by Gasteiger charge is 2.40. The van der Waals surface area contributed by atoms with E-state index < -0.39 is 0 Å². The smallest absolute Gasteiger partial charge is 0.0437 e. The van der Waals surface area contributed by atoms with Crippen LogP contribution in [-0.4, -0.2) is 49.3 Å². The van der Waals surface area contributed by atoms with E-state index in [1.165, 1.54) is 31.5 Å². The van der Waals surface area contributed by atoms with Gasteiger partial charge in [-0.05, 0) is 49.6 Å². The van der Waals surface area contributed by atoms with Crippen molar-refractivity contribution >= 4 is 0 Å². The highest BCUT2D eigenvalue weighted by Crippen LogP contribution is 2.36. The van der Waals surface area contributed by atoms with E-state index in [-0.39, 0.29) is 6.61 Å². The van der Waals surface area contributed by atoms with E-state index in [0.29, 0.717) is 12.0 Å². The van der Waals surface area contributed by atoms with Crippen molar-refractivity contribution in [1.29, 1.82) is 0 Å². The molecule has 2 aliphatic rings. The molecule has 2 bridgehead atoms. The second kappa shape index (κ2) is 6.91. The second-order valence-electron chi connectivity index (χ2n) is 6.87. The molecule has 1 saturated carbocycles.